The van der Waals surface area contributed by atoms with Crippen LogP contribution in [0.5, 0.6) is 0 Å². The van der Waals surface area contributed by atoms with Gasteiger partial charge in [-0.1, -0.05) is 88.3 Å². The fourth-order valence-corrected chi connectivity index (χ4v) is 6.82. The summed E-state index contributed by atoms with van der Waals surface area (Å²) in [6.07, 6.45) is 10.6. The summed E-state index contributed by atoms with van der Waals surface area (Å²) < 4.78 is 42.8. The lowest BCUT2D eigenvalue weighted by Crippen LogP contribution is -2.25. The monoisotopic (exact) mass is 678 g/mol. The lowest BCUT2D eigenvalue weighted by atomic mass is 10.1. The third kappa shape index (κ3) is 11.6. The first-order chi connectivity index (χ1) is 23.3. The number of sulfonamides is 1. The second kappa shape index (κ2) is 19.1. The molecule has 3 aromatic carbocycles. The molecule has 0 aliphatic heterocycles. The van der Waals surface area contributed by atoms with Crippen LogP contribution in [-0.2, 0) is 16.6 Å². The number of anilines is 4. The Kier molecular flexibility index (Phi) is 14.6. The van der Waals surface area contributed by atoms with Crippen molar-refractivity contribution >= 4 is 44.3 Å². The maximum atomic E-state index is 13.7. The first kappa shape index (κ1) is 36.8. The normalized spacial score (nSPS) is 11.5. The van der Waals surface area contributed by atoms with E-state index in [0.717, 1.165) is 61.7 Å². The predicted octanol–water partition coefficient (Wildman–Crippen LogP) is 7.57. The van der Waals surface area contributed by atoms with Crippen LogP contribution in [0, 0.1) is 5.82 Å². The molecular formula is C36H51FN8O2S. The molecule has 4 aromatic rings. The molecule has 260 valence electrons. The van der Waals surface area contributed by atoms with Crippen LogP contribution in [0.15, 0.2) is 65.6 Å². The summed E-state index contributed by atoms with van der Waals surface area (Å²) in [6.45, 7) is 4.43. The smallest absolute Gasteiger partial charge is 0.241 e. The summed E-state index contributed by atoms with van der Waals surface area (Å²) in [5, 5.41) is 11.5. The van der Waals surface area contributed by atoms with Crippen LogP contribution in [0.25, 0.3) is 10.8 Å². The van der Waals surface area contributed by atoms with Gasteiger partial charge in [0.05, 0.1) is 4.90 Å². The van der Waals surface area contributed by atoms with Crippen molar-refractivity contribution in [1.29, 1.82) is 0 Å². The third-order valence-corrected chi connectivity index (χ3v) is 9.62. The average Bonchev–Trinajstić information content (AvgIpc) is 3.07. The number of hydrogen-bond acceptors (Lipinski definition) is 9. The number of nitrogens with one attached hydrogen (secondary N) is 4. The van der Waals surface area contributed by atoms with Crippen LogP contribution < -0.4 is 25.6 Å². The van der Waals surface area contributed by atoms with E-state index in [2.05, 4.69) is 42.5 Å². The van der Waals surface area contributed by atoms with E-state index in [-0.39, 0.29) is 5.82 Å². The number of halogens is 1. The molecule has 0 saturated heterocycles. The average molecular weight is 679 g/mol. The Balaban J connectivity index is 1.23. The van der Waals surface area contributed by atoms with Crippen molar-refractivity contribution in [3.05, 3.63) is 72.0 Å². The van der Waals surface area contributed by atoms with Gasteiger partial charge in [-0.25, -0.2) is 17.5 Å². The molecule has 0 radical (unpaired) electrons. The highest BCUT2D eigenvalue weighted by molar-refractivity contribution is 7.89. The number of nitrogens with zero attached hydrogens (tertiary/aromatic N) is 4. The summed E-state index contributed by atoms with van der Waals surface area (Å²) in [4.78, 5) is 15.9. The van der Waals surface area contributed by atoms with E-state index in [0.29, 0.717) is 47.8 Å². The van der Waals surface area contributed by atoms with Gasteiger partial charge in [-0.05, 0) is 49.1 Å². The van der Waals surface area contributed by atoms with Crippen LogP contribution in [0.1, 0.15) is 76.7 Å². The van der Waals surface area contributed by atoms with Gasteiger partial charge >= 0.3 is 0 Å². The first-order valence-corrected chi connectivity index (χ1v) is 18.7. The molecule has 48 heavy (non-hydrogen) atoms. The van der Waals surface area contributed by atoms with Crippen molar-refractivity contribution in [3.63, 3.8) is 0 Å². The highest BCUT2D eigenvalue weighted by atomic mass is 32.2. The number of aromatic nitrogens is 3. The molecule has 10 nitrogen and oxygen atoms in total. The molecule has 0 atom stereocenters. The Morgan fingerprint density at radius 2 is 1.23 bits per heavy atom. The molecule has 12 heteroatoms. The van der Waals surface area contributed by atoms with Crippen molar-refractivity contribution in [3.8, 4) is 0 Å². The maximum absolute atomic E-state index is 13.7. The minimum absolute atomic E-state index is 0.283. The van der Waals surface area contributed by atoms with E-state index in [1.54, 1.807) is 18.2 Å². The van der Waals surface area contributed by atoms with Gasteiger partial charge in [0.25, 0.3) is 0 Å². The number of benzene rings is 3. The fraction of sp³-hybridized carbons (Fsp3) is 0.472. The second-order valence-corrected chi connectivity index (χ2v) is 14.0. The first-order valence-electron chi connectivity index (χ1n) is 17.2. The van der Waals surface area contributed by atoms with E-state index < -0.39 is 10.0 Å². The van der Waals surface area contributed by atoms with Gasteiger partial charge < -0.3 is 20.9 Å². The van der Waals surface area contributed by atoms with E-state index in [9.17, 15) is 12.8 Å². The van der Waals surface area contributed by atoms with Crippen LogP contribution in [0.2, 0.25) is 0 Å². The molecular weight excluding hydrogens is 628 g/mol. The highest BCUT2D eigenvalue weighted by Crippen LogP contribution is 2.30. The standard InChI is InChI=1S/C36H51FN8O2S/c1-4-5-6-7-8-11-23-38-34-42-35(44-36(43-34)40-27-28-17-14-18-29(37)26-28)39-24-12-9-10-13-25-41-48(46,47)33-22-16-19-30-31(33)20-15-21-32(30)45(2)3/h14-22,26,41H,4-13,23-25,27H2,1-3H3,(H3,38,39,40,42,43,44). The zero-order valence-electron chi connectivity index (χ0n) is 28.6. The summed E-state index contributed by atoms with van der Waals surface area (Å²) >= 11 is 0. The predicted molar refractivity (Wildman–Crippen MR) is 196 cm³/mol. The molecule has 1 heterocycles. The second-order valence-electron chi connectivity index (χ2n) is 12.2. The Bertz CT molecular complexity index is 1690. The van der Waals surface area contributed by atoms with Crippen LogP contribution >= 0.6 is 0 Å². The summed E-state index contributed by atoms with van der Waals surface area (Å²) in [5.74, 6) is 1.10. The quantitative estimate of drug-likeness (QED) is 0.0624. The maximum Gasteiger partial charge on any atom is 0.241 e. The van der Waals surface area contributed by atoms with E-state index in [1.807, 2.05) is 49.3 Å². The number of rotatable bonds is 22. The topological polar surface area (TPSA) is 124 Å². The van der Waals surface area contributed by atoms with Crippen molar-refractivity contribution in [2.45, 2.75) is 82.6 Å². The Morgan fingerprint density at radius 3 is 1.88 bits per heavy atom. The zero-order valence-corrected chi connectivity index (χ0v) is 29.4. The van der Waals surface area contributed by atoms with Crippen molar-refractivity contribution in [1.82, 2.24) is 19.7 Å². The van der Waals surface area contributed by atoms with Crippen molar-refractivity contribution < 1.29 is 12.8 Å². The molecule has 0 fully saturated rings. The number of fused-ring (bicyclic) bond motifs is 1. The third-order valence-electron chi connectivity index (χ3n) is 8.10. The Labute approximate surface area is 285 Å². The lowest BCUT2D eigenvalue weighted by Gasteiger charge is -2.17. The van der Waals surface area contributed by atoms with Gasteiger partial charge in [-0.15, -0.1) is 0 Å². The van der Waals surface area contributed by atoms with E-state index >= 15 is 0 Å². The van der Waals surface area contributed by atoms with Crippen LogP contribution in [-0.4, -0.2) is 57.1 Å². The van der Waals surface area contributed by atoms with Gasteiger partial charge in [0.15, 0.2) is 0 Å². The Hall–Kier alpha value is -4.03. The molecule has 0 bridgehead atoms. The van der Waals surface area contributed by atoms with Gasteiger partial charge in [0, 0.05) is 56.7 Å². The SMILES string of the molecule is CCCCCCCCNc1nc(NCCCCCCNS(=O)(=O)c2cccc3c(N(C)C)cccc23)nc(NCc2cccc(F)c2)n1. The van der Waals surface area contributed by atoms with E-state index in [4.69, 9.17) is 0 Å². The number of unbranched alkanes of at least 4 members (excludes halogenated alkanes) is 8. The highest BCUT2D eigenvalue weighted by Gasteiger charge is 2.18. The molecule has 0 saturated carbocycles. The summed E-state index contributed by atoms with van der Waals surface area (Å²) in [7, 11) is 0.257. The van der Waals surface area contributed by atoms with Crippen molar-refractivity contribution in [2.24, 2.45) is 0 Å². The van der Waals surface area contributed by atoms with Crippen molar-refractivity contribution in [2.75, 3.05) is 54.6 Å². The van der Waals surface area contributed by atoms with Gasteiger partial charge in [0.2, 0.25) is 27.9 Å². The molecule has 4 N–H and O–H groups in total. The number of hydrogen-bond donors (Lipinski definition) is 4. The van der Waals surface area contributed by atoms with Crippen LogP contribution in [0.4, 0.5) is 27.9 Å². The minimum Gasteiger partial charge on any atom is -0.377 e. The molecule has 0 amide bonds. The molecule has 0 aliphatic rings. The van der Waals surface area contributed by atoms with E-state index in [1.165, 1.54) is 37.8 Å². The Morgan fingerprint density at radius 1 is 0.667 bits per heavy atom. The van der Waals surface area contributed by atoms with Gasteiger partial charge in [-0.3, -0.25) is 0 Å². The molecule has 0 aliphatic carbocycles. The molecule has 1 aromatic heterocycles. The molecule has 0 unspecified atom stereocenters. The lowest BCUT2D eigenvalue weighted by molar-refractivity contribution is 0.573. The summed E-state index contributed by atoms with van der Waals surface area (Å²) in [6, 6.07) is 17.6. The van der Waals surface area contributed by atoms with Gasteiger partial charge in [-0.2, -0.15) is 15.0 Å². The molecule has 4 rings (SSSR count). The summed E-state index contributed by atoms with van der Waals surface area (Å²) in [5.41, 5.74) is 1.77. The minimum atomic E-state index is -3.64. The van der Waals surface area contributed by atoms with Gasteiger partial charge in [0.1, 0.15) is 5.82 Å². The zero-order chi connectivity index (χ0) is 34.2. The largest absolute Gasteiger partial charge is 0.377 e. The molecule has 0 spiro atoms. The van der Waals surface area contributed by atoms with Crippen LogP contribution in [0.3, 0.4) is 0 Å². The fourth-order valence-electron chi connectivity index (χ4n) is 5.52.